The molecule has 9 heteroatoms. The molecule has 2 heterocycles. The molecule has 0 radical (unpaired) electrons. The molecule has 1 atom stereocenters. The van der Waals surface area contributed by atoms with Crippen molar-refractivity contribution in [3.8, 4) is 6.07 Å². The maximum Gasteiger partial charge on any atom is 0.290 e. The summed E-state index contributed by atoms with van der Waals surface area (Å²) >= 11 is 0. The quantitative estimate of drug-likeness (QED) is 0.659. The molecular formula is C25H27F2N3O4. The van der Waals surface area contributed by atoms with Gasteiger partial charge in [-0.25, -0.2) is 13.8 Å². The van der Waals surface area contributed by atoms with Gasteiger partial charge in [-0.3, -0.25) is 19.4 Å². The Bertz CT molecular complexity index is 1040. The number of nitriles is 1. The number of rotatable bonds is 4. The smallest absolute Gasteiger partial charge is 0.290 e. The minimum Gasteiger partial charge on any atom is -0.483 e. The average Bonchev–Trinajstić information content (AvgIpc) is 3.30. The number of amides is 1. The van der Waals surface area contributed by atoms with Gasteiger partial charge < -0.3 is 5.11 Å². The molecule has 1 saturated heterocycles. The molecule has 4 rings (SSSR count). The van der Waals surface area contributed by atoms with Crippen LogP contribution in [0.5, 0.6) is 0 Å². The zero-order chi connectivity index (χ0) is 24.7. The predicted molar refractivity (Wildman–Crippen MR) is 118 cm³/mol. The molecule has 2 fully saturated rings. The fourth-order valence-electron chi connectivity index (χ4n) is 4.71. The highest BCUT2D eigenvalue weighted by Gasteiger charge is 2.37. The third kappa shape index (κ3) is 6.14. The first-order valence-electron chi connectivity index (χ1n) is 11.2. The van der Waals surface area contributed by atoms with Crippen LogP contribution < -0.4 is 0 Å². The van der Waals surface area contributed by atoms with Crippen LogP contribution in [-0.4, -0.2) is 34.1 Å². The fourth-order valence-corrected chi connectivity index (χ4v) is 4.71. The zero-order valence-electron chi connectivity index (χ0n) is 18.9. The van der Waals surface area contributed by atoms with Crippen molar-refractivity contribution in [1.29, 1.82) is 5.26 Å². The van der Waals surface area contributed by atoms with Crippen LogP contribution in [-0.2, 0) is 20.8 Å². The van der Waals surface area contributed by atoms with Crippen molar-refractivity contribution < 1.29 is 28.3 Å². The minimum atomic E-state index is -0.653. The van der Waals surface area contributed by atoms with Crippen LogP contribution in [0.3, 0.4) is 0 Å². The molecule has 1 aromatic heterocycles. The topological polar surface area (TPSA) is 104 Å². The van der Waals surface area contributed by atoms with Gasteiger partial charge in [0.25, 0.3) is 6.47 Å². The van der Waals surface area contributed by atoms with Gasteiger partial charge in [0.1, 0.15) is 17.7 Å². The van der Waals surface area contributed by atoms with Crippen LogP contribution in [0.4, 0.5) is 8.78 Å². The fraction of sp³-hybridized carbons (Fsp3) is 0.440. The van der Waals surface area contributed by atoms with E-state index in [1.807, 2.05) is 13.0 Å². The van der Waals surface area contributed by atoms with Gasteiger partial charge in [-0.15, -0.1) is 0 Å². The molecule has 1 N–H and O–H groups in total. The maximum absolute atomic E-state index is 13.7. The SMILES string of the molecule is Cc1ncc(C#N)cc1C[C@H]1CC[C@H](C(=O)N2OCC[C@H]2c2cc(F)cc(F)c2)CC1.O=CO. The first kappa shape index (κ1) is 25.2. The molecule has 1 aliphatic heterocycles. The number of benzene rings is 1. The van der Waals surface area contributed by atoms with Gasteiger partial charge >= 0.3 is 0 Å². The van der Waals surface area contributed by atoms with E-state index in [0.29, 0.717) is 30.1 Å². The largest absolute Gasteiger partial charge is 0.483 e. The van der Waals surface area contributed by atoms with E-state index in [2.05, 4.69) is 11.1 Å². The number of halogens is 2. The monoisotopic (exact) mass is 471 g/mol. The first-order valence-corrected chi connectivity index (χ1v) is 11.2. The van der Waals surface area contributed by atoms with Crippen LogP contribution in [0.1, 0.15) is 60.5 Å². The lowest BCUT2D eigenvalue weighted by Gasteiger charge is -2.32. The van der Waals surface area contributed by atoms with Crippen LogP contribution >= 0.6 is 0 Å². The molecule has 0 unspecified atom stereocenters. The highest BCUT2D eigenvalue weighted by atomic mass is 19.1. The highest BCUT2D eigenvalue weighted by Crippen LogP contribution is 2.37. The number of pyridine rings is 1. The molecular weight excluding hydrogens is 444 g/mol. The van der Waals surface area contributed by atoms with Crippen LogP contribution in [0.25, 0.3) is 0 Å². The number of aryl methyl sites for hydroxylation is 1. The molecule has 180 valence electrons. The van der Waals surface area contributed by atoms with Crippen molar-refractivity contribution in [2.45, 2.75) is 51.5 Å². The molecule has 1 aliphatic carbocycles. The lowest BCUT2D eigenvalue weighted by molar-refractivity contribution is -0.183. The van der Waals surface area contributed by atoms with E-state index >= 15 is 0 Å². The predicted octanol–water partition coefficient (Wildman–Crippen LogP) is 4.49. The number of hydrogen-bond acceptors (Lipinski definition) is 5. The van der Waals surface area contributed by atoms with Crippen LogP contribution in [0.15, 0.2) is 30.5 Å². The summed E-state index contributed by atoms with van der Waals surface area (Å²) in [6.45, 7) is 2.05. The van der Waals surface area contributed by atoms with Crippen LogP contribution in [0.2, 0.25) is 0 Å². The Hall–Kier alpha value is -3.38. The number of nitrogens with zero attached hydrogens (tertiary/aromatic N) is 3. The van der Waals surface area contributed by atoms with E-state index in [1.165, 1.54) is 17.2 Å². The van der Waals surface area contributed by atoms with Crippen molar-refractivity contribution >= 4 is 12.4 Å². The normalized spacial score (nSPS) is 21.8. The minimum absolute atomic E-state index is 0.102. The van der Waals surface area contributed by atoms with Gasteiger partial charge in [-0.2, -0.15) is 5.26 Å². The lowest BCUT2D eigenvalue weighted by Crippen LogP contribution is -2.36. The zero-order valence-corrected chi connectivity index (χ0v) is 18.9. The first-order chi connectivity index (χ1) is 16.4. The van der Waals surface area contributed by atoms with Crippen molar-refractivity contribution in [3.63, 3.8) is 0 Å². The Morgan fingerprint density at radius 2 is 1.85 bits per heavy atom. The number of carbonyl (C=O) groups is 2. The number of aromatic nitrogens is 1. The summed E-state index contributed by atoms with van der Waals surface area (Å²) in [5.41, 5.74) is 3.02. The van der Waals surface area contributed by atoms with Crippen molar-refractivity contribution in [1.82, 2.24) is 10.0 Å². The summed E-state index contributed by atoms with van der Waals surface area (Å²) in [4.78, 5) is 31.4. The summed E-state index contributed by atoms with van der Waals surface area (Å²) < 4.78 is 27.3. The summed E-state index contributed by atoms with van der Waals surface area (Å²) in [7, 11) is 0. The Kier molecular flexibility index (Phi) is 8.66. The standard InChI is InChI=1S/C24H25F2N3O2.CH2O2/c1-15-19(9-17(13-27)14-28-15)8-16-2-4-18(5-3-16)24(30)29-23(6-7-31-29)20-10-21(25)12-22(26)11-20;2-1-3/h9-12,14,16,18,23H,2-8H2,1H3;1H,(H,2,3)/t16-,18-,23-;/m0./s1. The molecule has 1 amide bonds. The number of hydrogen-bond donors (Lipinski definition) is 1. The summed E-state index contributed by atoms with van der Waals surface area (Å²) in [6.07, 6.45) is 6.26. The summed E-state index contributed by atoms with van der Waals surface area (Å²) in [5, 5.41) is 17.3. The van der Waals surface area contributed by atoms with E-state index in [-0.39, 0.29) is 18.3 Å². The molecule has 2 aliphatic rings. The molecule has 2 aromatic rings. The summed E-state index contributed by atoms with van der Waals surface area (Å²) in [6, 6.07) is 6.95. The Morgan fingerprint density at radius 3 is 2.47 bits per heavy atom. The van der Waals surface area contributed by atoms with E-state index < -0.39 is 17.7 Å². The van der Waals surface area contributed by atoms with Crippen molar-refractivity contribution in [3.05, 3.63) is 64.5 Å². The Morgan fingerprint density at radius 1 is 1.21 bits per heavy atom. The van der Waals surface area contributed by atoms with Crippen molar-refractivity contribution in [2.75, 3.05) is 6.61 Å². The highest BCUT2D eigenvalue weighted by molar-refractivity contribution is 5.78. The van der Waals surface area contributed by atoms with Crippen LogP contribution in [0, 0.1) is 41.7 Å². The van der Waals surface area contributed by atoms with Gasteiger partial charge in [0.2, 0.25) is 5.91 Å². The maximum atomic E-state index is 13.7. The molecule has 1 saturated carbocycles. The molecule has 0 spiro atoms. The number of carboxylic acid groups (broad SMARTS) is 1. The Balaban J connectivity index is 0.00000103. The third-order valence-corrected chi connectivity index (χ3v) is 6.42. The number of hydroxylamine groups is 2. The van der Waals surface area contributed by atoms with E-state index in [4.69, 9.17) is 20.0 Å². The number of carbonyl (C=O) groups excluding carboxylic acids is 1. The lowest BCUT2D eigenvalue weighted by atomic mass is 9.78. The van der Waals surface area contributed by atoms with E-state index in [9.17, 15) is 13.6 Å². The third-order valence-electron chi connectivity index (χ3n) is 6.42. The van der Waals surface area contributed by atoms with Gasteiger partial charge in [-0.1, -0.05) is 0 Å². The van der Waals surface area contributed by atoms with E-state index in [0.717, 1.165) is 49.4 Å². The van der Waals surface area contributed by atoms with Crippen molar-refractivity contribution in [2.24, 2.45) is 11.8 Å². The molecule has 34 heavy (non-hydrogen) atoms. The molecule has 1 aromatic carbocycles. The second-order valence-corrected chi connectivity index (χ2v) is 8.61. The molecule has 7 nitrogen and oxygen atoms in total. The van der Waals surface area contributed by atoms with Gasteiger partial charge in [0, 0.05) is 30.3 Å². The van der Waals surface area contributed by atoms with Gasteiger partial charge in [-0.05, 0) is 74.3 Å². The second kappa shape index (κ2) is 11.7. The van der Waals surface area contributed by atoms with Gasteiger partial charge in [0.15, 0.2) is 0 Å². The summed E-state index contributed by atoms with van der Waals surface area (Å²) in [5.74, 6) is -1.12. The average molecular weight is 472 g/mol. The second-order valence-electron chi connectivity index (χ2n) is 8.61. The molecule has 0 bridgehead atoms. The van der Waals surface area contributed by atoms with Gasteiger partial charge in [0.05, 0.1) is 18.2 Å². The Labute approximate surface area is 196 Å². The van der Waals surface area contributed by atoms with E-state index in [1.54, 1.807) is 6.20 Å².